The van der Waals surface area contributed by atoms with Crippen LogP contribution in [0.1, 0.15) is 248 Å². The van der Waals surface area contributed by atoms with Crippen LogP contribution in [0, 0.1) is 23.7 Å². The fourth-order valence-corrected chi connectivity index (χ4v) is 12.9. The van der Waals surface area contributed by atoms with Crippen molar-refractivity contribution in [3.8, 4) is 0 Å². The summed E-state index contributed by atoms with van der Waals surface area (Å²) in [5.74, 6) is 2.96. The van der Waals surface area contributed by atoms with Crippen LogP contribution in [-0.2, 0) is 47.7 Å². The van der Waals surface area contributed by atoms with E-state index in [9.17, 15) is 44.4 Å². The predicted molar refractivity (Wildman–Crippen MR) is 367 cm³/mol. The normalized spacial score (nSPS) is 14.7. The first-order valence-electron chi connectivity index (χ1n) is 36.0. The Morgan fingerprint density at radius 3 is 1.08 bits per heavy atom. The van der Waals surface area contributed by atoms with E-state index in [1.54, 1.807) is 0 Å². The zero-order valence-electron chi connectivity index (χ0n) is 58.2. The quantitative estimate of drug-likeness (QED) is 0.0192. The summed E-state index contributed by atoms with van der Waals surface area (Å²) in [6, 6.07) is 0. The van der Waals surface area contributed by atoms with Gasteiger partial charge in [-0.2, -0.15) is 0 Å². The first-order valence-corrected chi connectivity index (χ1v) is 38.5. The number of aliphatic hydroxyl groups is 4. The SMILES string of the molecule is CCC(CC)COC(=O)CCCCCCC(O)CN(CCCCC(=O)OCCN1CCN(CCSSCCCN(CC(O)CCCCC(=O)OCCC(C)C)CC(O)CCCCC(=O)OCCC(C)C)CC1)CC(O)CCCCCCC(=O)OCC(CC)CC. The number of hydrogen-bond acceptors (Lipinski definition) is 20. The molecule has 0 aromatic heterocycles. The second-order valence-corrected chi connectivity index (χ2v) is 29.1. The molecule has 4 N–H and O–H groups in total. The van der Waals surface area contributed by atoms with Crippen molar-refractivity contribution in [3.63, 3.8) is 0 Å². The number of esters is 5. The minimum Gasteiger partial charge on any atom is -0.466 e. The monoisotopic (exact) mass is 1320 g/mol. The van der Waals surface area contributed by atoms with Gasteiger partial charge >= 0.3 is 29.8 Å². The minimum absolute atomic E-state index is 0.128. The van der Waals surface area contributed by atoms with E-state index in [0.717, 1.165) is 166 Å². The van der Waals surface area contributed by atoms with Gasteiger partial charge in [0.05, 0.1) is 50.8 Å². The molecule has 0 radical (unpaired) electrons. The number of nitrogens with zero attached hydrogens (tertiary/aromatic N) is 4. The molecule has 1 saturated heterocycles. The highest BCUT2D eigenvalue weighted by Gasteiger charge is 2.21. The molecular weight excluding hydrogens is 1180 g/mol. The maximum atomic E-state index is 12.8. The van der Waals surface area contributed by atoms with Crippen LogP contribution in [0.4, 0.5) is 0 Å². The summed E-state index contributed by atoms with van der Waals surface area (Å²) in [5, 5.41) is 44.2. The largest absolute Gasteiger partial charge is 0.466 e. The van der Waals surface area contributed by atoms with Crippen LogP contribution in [-0.4, -0.2) is 217 Å². The number of unbranched alkanes of at least 4 members (excludes halogenated alkanes) is 9. The fourth-order valence-electron chi connectivity index (χ4n) is 10.8. The third-order valence-corrected chi connectivity index (χ3v) is 19.7. The number of hydrogen-bond donors (Lipinski definition) is 4. The Bertz CT molecular complexity index is 1650. The van der Waals surface area contributed by atoms with Crippen LogP contribution in [0.2, 0.25) is 0 Å². The molecule has 1 aliphatic rings. The number of rotatable bonds is 62. The lowest BCUT2D eigenvalue weighted by atomic mass is 10.0. The highest BCUT2D eigenvalue weighted by molar-refractivity contribution is 8.76. The lowest BCUT2D eigenvalue weighted by molar-refractivity contribution is -0.146. The van der Waals surface area contributed by atoms with Crippen LogP contribution in [0.25, 0.3) is 0 Å². The molecule has 0 saturated carbocycles. The second-order valence-electron chi connectivity index (χ2n) is 26.4. The Morgan fingerprint density at radius 1 is 0.378 bits per heavy atom. The van der Waals surface area contributed by atoms with E-state index >= 15 is 0 Å². The van der Waals surface area contributed by atoms with Crippen molar-refractivity contribution in [2.24, 2.45) is 23.7 Å². The van der Waals surface area contributed by atoms with Crippen molar-refractivity contribution in [1.82, 2.24) is 19.6 Å². The van der Waals surface area contributed by atoms with E-state index < -0.39 is 24.4 Å². The molecule has 1 heterocycles. The van der Waals surface area contributed by atoms with Gasteiger partial charge in [0.25, 0.3) is 0 Å². The zero-order valence-corrected chi connectivity index (χ0v) is 59.9. The Hall–Kier alpha value is -2.27. The van der Waals surface area contributed by atoms with Crippen molar-refractivity contribution >= 4 is 51.4 Å². The van der Waals surface area contributed by atoms with Crippen LogP contribution >= 0.6 is 21.6 Å². The van der Waals surface area contributed by atoms with Gasteiger partial charge in [0.15, 0.2) is 0 Å². The fraction of sp³-hybridized carbons (Fsp3) is 0.929. The highest BCUT2D eigenvalue weighted by Crippen LogP contribution is 2.23. The first kappa shape index (κ1) is 85.7. The second kappa shape index (κ2) is 58.1. The van der Waals surface area contributed by atoms with E-state index in [1.807, 2.05) is 21.6 Å². The average Bonchev–Trinajstić information content (AvgIpc) is 3.71. The summed E-state index contributed by atoms with van der Waals surface area (Å²) in [6.45, 7) is 27.9. The molecule has 4 atom stereocenters. The maximum Gasteiger partial charge on any atom is 0.305 e. The summed E-state index contributed by atoms with van der Waals surface area (Å²) in [6.07, 6.45) is 19.9. The minimum atomic E-state index is -0.560. The van der Waals surface area contributed by atoms with E-state index in [-0.39, 0.29) is 29.8 Å². The van der Waals surface area contributed by atoms with Crippen molar-refractivity contribution in [1.29, 1.82) is 0 Å². The standard InChI is InChI=1S/C70H134N4O14S2/c1-9-60(10-2)56-87-69(82)32-19-15-13-17-28-62(75)52-73(53-63(76)29-18-14-16-20-33-70(83)88-57-61(11-3)12-4)39-26-25-36-68(81)86-49-45-71-41-43-72(44-42-71)46-51-90-89-50-27-40-74(54-64(77)30-21-23-34-66(79)84-47-37-58(5)6)55-65(78)31-22-24-35-67(80)85-48-38-59(7)8/h58-65,75-78H,9-57H2,1-8H3. The molecule has 4 unspecified atom stereocenters. The molecule has 0 spiro atoms. The van der Waals surface area contributed by atoms with Gasteiger partial charge < -0.3 is 44.1 Å². The van der Waals surface area contributed by atoms with E-state index in [2.05, 4.69) is 75.0 Å². The topological polar surface area (TPSA) is 225 Å². The Balaban J connectivity index is 2.48. The highest BCUT2D eigenvalue weighted by atomic mass is 33.1. The van der Waals surface area contributed by atoms with Crippen LogP contribution in [0.15, 0.2) is 0 Å². The van der Waals surface area contributed by atoms with Gasteiger partial charge in [-0.3, -0.25) is 43.6 Å². The van der Waals surface area contributed by atoms with Crippen molar-refractivity contribution in [3.05, 3.63) is 0 Å². The van der Waals surface area contributed by atoms with Crippen molar-refractivity contribution < 1.29 is 68.1 Å². The molecule has 1 fully saturated rings. The Kier molecular flexibility index (Phi) is 55.4. The summed E-state index contributed by atoms with van der Waals surface area (Å²) in [5.41, 5.74) is 0. The molecule has 0 aromatic carbocycles. The molecule has 18 nitrogen and oxygen atoms in total. The van der Waals surface area contributed by atoms with Gasteiger partial charge in [-0.15, -0.1) is 0 Å². The van der Waals surface area contributed by atoms with Gasteiger partial charge in [-0.1, -0.05) is 154 Å². The van der Waals surface area contributed by atoms with E-state index in [0.29, 0.717) is 173 Å². The van der Waals surface area contributed by atoms with Gasteiger partial charge in [-0.25, -0.2) is 0 Å². The number of ether oxygens (including phenoxy) is 5. The summed E-state index contributed by atoms with van der Waals surface area (Å²) >= 11 is 0. The molecule has 0 aliphatic carbocycles. The molecule has 530 valence electrons. The third kappa shape index (κ3) is 52.1. The molecule has 0 amide bonds. The number of piperazine rings is 1. The van der Waals surface area contributed by atoms with E-state index in [4.69, 9.17) is 23.7 Å². The Labute approximate surface area is 555 Å². The molecule has 0 bridgehead atoms. The number of carbonyl (C=O) groups is 5. The van der Waals surface area contributed by atoms with Crippen LogP contribution in [0.3, 0.4) is 0 Å². The van der Waals surface area contributed by atoms with Crippen LogP contribution in [0.5, 0.6) is 0 Å². The van der Waals surface area contributed by atoms with Crippen molar-refractivity contribution in [2.75, 3.05) is 123 Å². The molecule has 0 aromatic rings. The number of aliphatic hydroxyl groups excluding tert-OH is 4. The molecule has 90 heavy (non-hydrogen) atoms. The molecular formula is C70H134N4O14S2. The lowest BCUT2D eigenvalue weighted by Gasteiger charge is -2.34. The predicted octanol–water partition coefficient (Wildman–Crippen LogP) is 12.1. The van der Waals surface area contributed by atoms with E-state index in [1.165, 1.54) is 0 Å². The van der Waals surface area contributed by atoms with Gasteiger partial charge in [0, 0.05) is 109 Å². The smallest absolute Gasteiger partial charge is 0.305 e. The maximum absolute atomic E-state index is 12.8. The van der Waals surface area contributed by atoms with Gasteiger partial charge in [0.2, 0.25) is 0 Å². The first-order chi connectivity index (χ1) is 43.3. The van der Waals surface area contributed by atoms with Crippen molar-refractivity contribution in [2.45, 2.75) is 272 Å². The summed E-state index contributed by atoms with van der Waals surface area (Å²) < 4.78 is 27.3. The molecule has 1 rings (SSSR count). The zero-order chi connectivity index (χ0) is 66.4. The summed E-state index contributed by atoms with van der Waals surface area (Å²) in [7, 11) is 3.75. The third-order valence-electron chi connectivity index (χ3n) is 17.3. The van der Waals surface area contributed by atoms with Crippen LogP contribution < -0.4 is 0 Å². The average molecular weight is 1320 g/mol. The van der Waals surface area contributed by atoms with Gasteiger partial charge in [0.1, 0.15) is 6.61 Å². The molecule has 1 aliphatic heterocycles. The summed E-state index contributed by atoms with van der Waals surface area (Å²) in [4.78, 5) is 70.7. The van der Waals surface area contributed by atoms with Gasteiger partial charge in [-0.05, 0) is 120 Å². The lowest BCUT2D eigenvalue weighted by Crippen LogP contribution is -2.47. The molecule has 20 heteroatoms. The number of carbonyl (C=O) groups excluding carboxylic acids is 5. The Morgan fingerprint density at radius 2 is 0.689 bits per heavy atom.